The number of carbonyl (C=O) groups is 2. The van der Waals surface area contributed by atoms with Crippen LogP contribution < -0.4 is 0 Å². The summed E-state index contributed by atoms with van der Waals surface area (Å²) in [5.41, 5.74) is -1.90. The SMILES string of the molecule is O=C(/C=C/c1ccc(O)c(O)c1)OC1C(O)C[C@](O)(C(=O)O)C[C@@H]1O. The minimum atomic E-state index is -2.29. The third kappa shape index (κ3) is 4.27. The summed E-state index contributed by atoms with van der Waals surface area (Å²) in [6.45, 7) is 0. The number of carbonyl (C=O) groups excluding carboxylic acids is 1. The first-order valence-corrected chi connectivity index (χ1v) is 7.35. The van der Waals surface area contributed by atoms with E-state index in [-0.39, 0.29) is 11.5 Å². The predicted molar refractivity (Wildman–Crippen MR) is 82.5 cm³/mol. The molecule has 0 radical (unpaired) electrons. The third-order valence-electron chi connectivity index (χ3n) is 3.91. The Hall–Kier alpha value is -2.62. The van der Waals surface area contributed by atoms with E-state index in [1.54, 1.807) is 0 Å². The number of carboxylic acid groups (broad SMARTS) is 1. The Balaban J connectivity index is 2.01. The number of hydrogen-bond acceptors (Lipinski definition) is 8. The highest BCUT2D eigenvalue weighted by Crippen LogP contribution is 2.31. The minimum Gasteiger partial charge on any atom is -0.504 e. The maximum absolute atomic E-state index is 11.8. The summed E-state index contributed by atoms with van der Waals surface area (Å²) in [6.07, 6.45) is -3.43. The molecule has 0 heterocycles. The monoisotopic (exact) mass is 354 g/mol. The molecule has 136 valence electrons. The van der Waals surface area contributed by atoms with Crippen molar-refractivity contribution in [2.45, 2.75) is 36.8 Å². The Morgan fingerprint density at radius 2 is 1.72 bits per heavy atom. The Labute approximate surface area is 142 Å². The largest absolute Gasteiger partial charge is 0.504 e. The second-order valence-electron chi connectivity index (χ2n) is 5.86. The summed E-state index contributed by atoms with van der Waals surface area (Å²) in [5.74, 6) is -3.19. The van der Waals surface area contributed by atoms with Crippen LogP contribution in [0.3, 0.4) is 0 Å². The van der Waals surface area contributed by atoms with Crippen LogP contribution in [0.1, 0.15) is 18.4 Å². The van der Waals surface area contributed by atoms with Gasteiger partial charge >= 0.3 is 11.9 Å². The molecule has 4 atom stereocenters. The number of hydrogen-bond donors (Lipinski definition) is 6. The lowest BCUT2D eigenvalue weighted by Gasteiger charge is -2.39. The molecule has 1 aromatic carbocycles. The number of ether oxygens (including phenoxy) is 1. The average molecular weight is 354 g/mol. The van der Waals surface area contributed by atoms with Gasteiger partial charge < -0.3 is 35.4 Å². The standard InChI is InChI=1S/C16H18O9/c17-9-3-1-8(5-10(9)18)2-4-13(21)25-14-11(19)6-16(24,15(22)23)7-12(14)20/h1-5,11-12,14,17-20,24H,6-7H2,(H,22,23)/b4-2+/t11-,12?,14?,16-/m0/s1. The summed E-state index contributed by atoms with van der Waals surface area (Å²) >= 11 is 0. The molecule has 6 N–H and O–H groups in total. The molecular weight excluding hydrogens is 336 g/mol. The van der Waals surface area contributed by atoms with Crippen LogP contribution in [-0.2, 0) is 14.3 Å². The van der Waals surface area contributed by atoms with Crippen molar-refractivity contribution in [1.29, 1.82) is 0 Å². The van der Waals surface area contributed by atoms with Crippen molar-refractivity contribution in [3.05, 3.63) is 29.8 Å². The molecule has 0 aromatic heterocycles. The first-order chi connectivity index (χ1) is 11.6. The number of rotatable bonds is 4. The molecule has 1 saturated carbocycles. The van der Waals surface area contributed by atoms with E-state index in [1.165, 1.54) is 24.3 Å². The fraction of sp³-hybridized carbons (Fsp3) is 0.375. The zero-order valence-electron chi connectivity index (χ0n) is 12.9. The molecule has 0 spiro atoms. The number of aliphatic hydroxyl groups excluding tert-OH is 2. The van der Waals surface area contributed by atoms with Crippen molar-refractivity contribution in [3.8, 4) is 11.5 Å². The van der Waals surface area contributed by atoms with Gasteiger partial charge in [-0.15, -0.1) is 0 Å². The summed E-state index contributed by atoms with van der Waals surface area (Å²) in [5, 5.41) is 57.1. The fourth-order valence-electron chi connectivity index (χ4n) is 2.58. The highest BCUT2D eigenvalue weighted by atomic mass is 16.6. The Morgan fingerprint density at radius 1 is 1.12 bits per heavy atom. The minimum absolute atomic E-state index is 0.320. The zero-order valence-corrected chi connectivity index (χ0v) is 12.9. The molecule has 1 fully saturated rings. The molecule has 0 amide bonds. The fourth-order valence-corrected chi connectivity index (χ4v) is 2.58. The molecule has 9 heteroatoms. The lowest BCUT2D eigenvalue weighted by Crippen LogP contribution is -2.57. The molecule has 9 nitrogen and oxygen atoms in total. The molecule has 2 rings (SSSR count). The van der Waals surface area contributed by atoms with Gasteiger partial charge in [0.05, 0.1) is 12.2 Å². The van der Waals surface area contributed by atoms with Crippen LogP contribution >= 0.6 is 0 Å². The van der Waals surface area contributed by atoms with Gasteiger partial charge in [-0.25, -0.2) is 9.59 Å². The average Bonchev–Trinajstić information content (AvgIpc) is 2.52. The van der Waals surface area contributed by atoms with Crippen molar-refractivity contribution in [2.75, 3.05) is 0 Å². The first kappa shape index (κ1) is 18.7. The van der Waals surface area contributed by atoms with Crippen molar-refractivity contribution in [1.82, 2.24) is 0 Å². The number of aliphatic carboxylic acids is 1. The number of phenols is 2. The number of aromatic hydroxyl groups is 2. The lowest BCUT2D eigenvalue weighted by molar-refractivity contribution is -0.196. The number of carboxylic acids is 1. The second-order valence-corrected chi connectivity index (χ2v) is 5.86. The van der Waals surface area contributed by atoms with Crippen molar-refractivity contribution < 1.29 is 45.0 Å². The van der Waals surface area contributed by atoms with E-state index >= 15 is 0 Å². The van der Waals surface area contributed by atoms with Crippen LogP contribution in [-0.4, -0.2) is 66.5 Å². The second kappa shape index (κ2) is 7.09. The van der Waals surface area contributed by atoms with E-state index in [0.29, 0.717) is 5.56 Å². The van der Waals surface area contributed by atoms with Crippen LogP contribution in [0.2, 0.25) is 0 Å². The molecule has 0 saturated heterocycles. The van der Waals surface area contributed by atoms with Gasteiger partial charge in [0.2, 0.25) is 0 Å². The van der Waals surface area contributed by atoms with Crippen molar-refractivity contribution in [3.63, 3.8) is 0 Å². The third-order valence-corrected chi connectivity index (χ3v) is 3.91. The van der Waals surface area contributed by atoms with E-state index in [9.17, 15) is 35.1 Å². The smallest absolute Gasteiger partial charge is 0.335 e. The van der Waals surface area contributed by atoms with Gasteiger partial charge in [-0.05, 0) is 23.8 Å². The van der Waals surface area contributed by atoms with E-state index < -0.39 is 48.7 Å². The van der Waals surface area contributed by atoms with Gasteiger partial charge in [0.1, 0.15) is 0 Å². The van der Waals surface area contributed by atoms with E-state index in [2.05, 4.69) is 0 Å². The van der Waals surface area contributed by atoms with Gasteiger partial charge in [-0.2, -0.15) is 0 Å². The first-order valence-electron chi connectivity index (χ1n) is 7.35. The quantitative estimate of drug-likeness (QED) is 0.234. The maximum Gasteiger partial charge on any atom is 0.335 e. The van der Waals surface area contributed by atoms with Crippen molar-refractivity contribution in [2.24, 2.45) is 0 Å². The molecule has 0 bridgehead atoms. The number of esters is 1. The highest BCUT2D eigenvalue weighted by Gasteiger charge is 2.50. The molecule has 0 aliphatic heterocycles. The Morgan fingerprint density at radius 3 is 2.24 bits per heavy atom. The van der Waals surface area contributed by atoms with Crippen LogP contribution in [0.5, 0.6) is 11.5 Å². The molecule has 1 aliphatic carbocycles. The number of aliphatic hydroxyl groups is 3. The van der Waals surface area contributed by atoms with Gasteiger partial charge in [0.15, 0.2) is 23.2 Å². The maximum atomic E-state index is 11.8. The van der Waals surface area contributed by atoms with E-state index in [1.807, 2.05) is 0 Å². The van der Waals surface area contributed by atoms with E-state index in [4.69, 9.17) is 9.84 Å². The number of benzene rings is 1. The van der Waals surface area contributed by atoms with Crippen LogP contribution in [0.25, 0.3) is 6.08 Å². The summed E-state index contributed by atoms with van der Waals surface area (Å²) in [4.78, 5) is 22.8. The lowest BCUT2D eigenvalue weighted by atomic mass is 9.79. The van der Waals surface area contributed by atoms with Gasteiger partial charge in [0.25, 0.3) is 0 Å². The van der Waals surface area contributed by atoms with E-state index in [0.717, 1.165) is 6.08 Å². The number of phenolic OH excluding ortho intramolecular Hbond substituents is 2. The van der Waals surface area contributed by atoms with Crippen LogP contribution in [0, 0.1) is 0 Å². The summed E-state index contributed by atoms with van der Waals surface area (Å²) in [6, 6.07) is 3.86. The molecule has 2 unspecified atom stereocenters. The molecule has 25 heavy (non-hydrogen) atoms. The van der Waals surface area contributed by atoms with Crippen LogP contribution in [0.15, 0.2) is 24.3 Å². The van der Waals surface area contributed by atoms with Crippen LogP contribution in [0.4, 0.5) is 0 Å². The topological polar surface area (TPSA) is 165 Å². The Kier molecular flexibility index (Phi) is 5.31. The van der Waals surface area contributed by atoms with Gasteiger partial charge in [-0.3, -0.25) is 0 Å². The normalized spacial score (nSPS) is 29.5. The highest BCUT2D eigenvalue weighted by molar-refractivity contribution is 5.87. The molecular formula is C16H18O9. The zero-order chi connectivity index (χ0) is 18.8. The van der Waals surface area contributed by atoms with Gasteiger partial charge in [-0.1, -0.05) is 6.07 Å². The summed E-state index contributed by atoms with van der Waals surface area (Å²) in [7, 11) is 0. The Bertz CT molecular complexity index is 685. The molecule has 1 aliphatic rings. The predicted octanol–water partition coefficient (Wildman–Crippen LogP) is -0.646. The summed E-state index contributed by atoms with van der Waals surface area (Å²) < 4.78 is 4.92. The molecule has 1 aromatic rings. The van der Waals surface area contributed by atoms with Gasteiger partial charge in [0, 0.05) is 18.9 Å². The van der Waals surface area contributed by atoms with Crippen molar-refractivity contribution >= 4 is 18.0 Å².